The van der Waals surface area contributed by atoms with Crippen molar-refractivity contribution in [3.05, 3.63) is 0 Å². The van der Waals surface area contributed by atoms with E-state index in [9.17, 15) is 0 Å². The summed E-state index contributed by atoms with van der Waals surface area (Å²) in [5.41, 5.74) is 0. The Morgan fingerprint density at radius 3 is 1.00 bits per heavy atom. The number of rotatable bonds is 0. The van der Waals surface area contributed by atoms with E-state index in [0.29, 0.717) is 0 Å². The van der Waals surface area contributed by atoms with E-state index in [1.807, 2.05) is 0 Å². The van der Waals surface area contributed by atoms with Crippen LogP contribution in [0.25, 0.3) is 0 Å². The first kappa shape index (κ1) is 17.1. The van der Waals surface area contributed by atoms with Crippen LogP contribution in [0.2, 0.25) is 4.87 Å². The Bertz CT molecular complexity index is 6.00. The summed E-state index contributed by atoms with van der Waals surface area (Å²) in [4.78, 5) is 2.05. The molecular formula is CH3Br2Sb. The second kappa shape index (κ2) is 21.6. The van der Waals surface area contributed by atoms with Crippen LogP contribution in [0.1, 0.15) is 0 Å². The maximum atomic E-state index is 2.05. The van der Waals surface area contributed by atoms with Crippen LogP contribution < -0.4 is 34.0 Å². The Labute approximate surface area is 61.4 Å². The van der Waals surface area contributed by atoms with Gasteiger partial charge < -0.3 is 34.0 Å². The van der Waals surface area contributed by atoms with Crippen molar-refractivity contribution in [1.82, 2.24) is 0 Å². The zero-order valence-electron chi connectivity index (χ0n) is 2.20. The molecule has 0 heterocycles. The molecule has 0 aromatic carbocycles. The summed E-state index contributed by atoms with van der Waals surface area (Å²) in [5.74, 6) is 0. The molecule has 0 saturated heterocycles. The standard InChI is InChI=1S/CH3.2BrH.Sb/h1H3;2*1H;/q;;;+2/p-2. The van der Waals surface area contributed by atoms with Crippen LogP contribution in [0.4, 0.5) is 0 Å². The van der Waals surface area contributed by atoms with E-state index in [2.05, 4.69) is 4.87 Å². The Hall–Kier alpha value is 1.78. The first-order valence-electron chi connectivity index (χ1n) is 0.447. The third-order valence-electron chi connectivity index (χ3n) is 0. The Morgan fingerprint density at radius 2 is 1.00 bits per heavy atom. The number of hydrogen-bond donors (Lipinski definition) is 0. The van der Waals surface area contributed by atoms with Gasteiger partial charge in [-0.1, -0.05) is 0 Å². The molecule has 4 heavy (non-hydrogen) atoms. The van der Waals surface area contributed by atoms with Crippen molar-refractivity contribution in [2.45, 2.75) is 4.87 Å². The summed E-state index contributed by atoms with van der Waals surface area (Å²) in [6.45, 7) is 0. The Morgan fingerprint density at radius 1 is 1.00 bits per heavy atom. The van der Waals surface area contributed by atoms with Gasteiger partial charge in [0.2, 0.25) is 0 Å². The molecule has 0 fully saturated rings. The van der Waals surface area contributed by atoms with Crippen LogP contribution in [-0.4, -0.2) is 23.0 Å². The Balaban J connectivity index is -0.00000000500. The summed E-state index contributed by atoms with van der Waals surface area (Å²) in [6.07, 6.45) is 0. The van der Waals surface area contributed by atoms with Crippen LogP contribution in [0.15, 0.2) is 0 Å². The molecule has 0 nitrogen and oxygen atoms in total. The van der Waals surface area contributed by atoms with Crippen molar-refractivity contribution >= 4 is 23.0 Å². The summed E-state index contributed by atoms with van der Waals surface area (Å²) in [7, 11) is 0. The van der Waals surface area contributed by atoms with Crippen molar-refractivity contribution in [3.63, 3.8) is 0 Å². The maximum absolute atomic E-state index is 2.05. The van der Waals surface area contributed by atoms with Gasteiger partial charge in [0.15, 0.2) is 0 Å². The van der Waals surface area contributed by atoms with Crippen LogP contribution >= 0.6 is 0 Å². The predicted octanol–water partition coefficient (Wildman–Crippen LogP) is -5.79. The molecule has 0 rings (SSSR count). The molecule has 0 saturated carbocycles. The van der Waals surface area contributed by atoms with Gasteiger partial charge in [-0.3, -0.25) is 0 Å². The molecule has 26 valence electrons. The first-order valence-corrected chi connectivity index (χ1v) is 3.00. The topological polar surface area (TPSA) is 0 Å². The van der Waals surface area contributed by atoms with E-state index in [1.54, 1.807) is 23.0 Å². The summed E-state index contributed by atoms with van der Waals surface area (Å²) in [5, 5.41) is 0. The van der Waals surface area contributed by atoms with Gasteiger partial charge in [0, 0.05) is 0 Å². The second-order valence-electron chi connectivity index (χ2n) is 0. The van der Waals surface area contributed by atoms with Gasteiger partial charge in [0.1, 0.15) is 0 Å². The SMILES string of the molecule is [Br-].[Br-].[CH3][Sb+2]. The van der Waals surface area contributed by atoms with Gasteiger partial charge >= 0.3 is 27.9 Å². The zero-order valence-corrected chi connectivity index (χ0v) is 7.93. The van der Waals surface area contributed by atoms with E-state index >= 15 is 0 Å². The quantitative estimate of drug-likeness (QED) is 0.391. The molecule has 0 atom stereocenters. The third-order valence-corrected chi connectivity index (χ3v) is 0. The van der Waals surface area contributed by atoms with Crippen molar-refractivity contribution in [2.75, 3.05) is 0 Å². The number of halogens is 2. The van der Waals surface area contributed by atoms with Crippen LogP contribution in [0, 0.1) is 0 Å². The molecule has 0 amide bonds. The Kier molecular flexibility index (Phi) is 92.2. The van der Waals surface area contributed by atoms with E-state index in [1.165, 1.54) is 0 Å². The molecule has 0 spiro atoms. The molecule has 0 bridgehead atoms. The van der Waals surface area contributed by atoms with Gasteiger partial charge in [-0.25, -0.2) is 0 Å². The molecule has 0 aliphatic heterocycles. The monoisotopic (exact) mass is 294 g/mol. The predicted molar refractivity (Wildman–Crippen MR) is 11.6 cm³/mol. The summed E-state index contributed by atoms with van der Waals surface area (Å²) < 4.78 is 0. The summed E-state index contributed by atoms with van der Waals surface area (Å²) >= 11 is 1.75. The molecule has 0 N–H and O–H groups in total. The van der Waals surface area contributed by atoms with Gasteiger partial charge in [0.05, 0.1) is 0 Å². The van der Waals surface area contributed by atoms with E-state index in [-0.39, 0.29) is 34.0 Å². The van der Waals surface area contributed by atoms with Crippen molar-refractivity contribution in [2.24, 2.45) is 0 Å². The fourth-order valence-corrected chi connectivity index (χ4v) is 0. The van der Waals surface area contributed by atoms with E-state index in [4.69, 9.17) is 0 Å². The van der Waals surface area contributed by atoms with Gasteiger partial charge in [-0.15, -0.1) is 0 Å². The molecule has 0 aromatic rings. The fourth-order valence-electron chi connectivity index (χ4n) is 0. The molecule has 0 unspecified atom stereocenters. The zero-order chi connectivity index (χ0) is 2.00. The molecule has 3 heteroatoms. The minimum atomic E-state index is 0. The van der Waals surface area contributed by atoms with E-state index < -0.39 is 0 Å². The molecule has 0 aliphatic carbocycles. The minimum absolute atomic E-state index is 0. The molecule has 0 aromatic heterocycles. The van der Waals surface area contributed by atoms with Gasteiger partial charge in [-0.2, -0.15) is 0 Å². The average Bonchev–Trinajstić information content (AvgIpc) is 1.00. The van der Waals surface area contributed by atoms with E-state index in [0.717, 1.165) is 0 Å². The van der Waals surface area contributed by atoms with Crippen LogP contribution in [-0.2, 0) is 0 Å². The second-order valence-corrected chi connectivity index (χ2v) is 0. The van der Waals surface area contributed by atoms with Crippen molar-refractivity contribution < 1.29 is 34.0 Å². The molecule has 0 aliphatic rings. The fraction of sp³-hybridized carbons (Fsp3) is 1.00. The first-order chi connectivity index (χ1) is 1.00. The van der Waals surface area contributed by atoms with Crippen molar-refractivity contribution in [1.29, 1.82) is 0 Å². The van der Waals surface area contributed by atoms with Crippen LogP contribution in [0.3, 0.4) is 0 Å². The third kappa shape index (κ3) is 9.22. The van der Waals surface area contributed by atoms with Gasteiger partial charge in [-0.05, 0) is 0 Å². The number of hydrogen-bond acceptors (Lipinski definition) is 0. The van der Waals surface area contributed by atoms with Gasteiger partial charge in [0.25, 0.3) is 0 Å². The summed E-state index contributed by atoms with van der Waals surface area (Å²) in [6, 6.07) is 0. The average molecular weight is 297 g/mol. The normalized spacial score (nSPS) is 1.25. The van der Waals surface area contributed by atoms with Crippen LogP contribution in [0.5, 0.6) is 0 Å². The van der Waals surface area contributed by atoms with Crippen molar-refractivity contribution in [3.8, 4) is 0 Å². The molecule has 2 radical (unpaired) electrons. The molecular weight excluding hydrogens is 294 g/mol.